The monoisotopic (exact) mass is 253 g/mol. The van der Waals surface area contributed by atoms with E-state index in [2.05, 4.69) is 5.32 Å². The van der Waals surface area contributed by atoms with Crippen molar-refractivity contribution < 1.29 is 14.3 Å². The number of carboxylic acids is 1. The fourth-order valence-electron chi connectivity index (χ4n) is 2.66. The van der Waals surface area contributed by atoms with Crippen LogP contribution < -0.4 is 5.32 Å². The second-order valence-corrected chi connectivity index (χ2v) is 6.32. The van der Waals surface area contributed by atoms with E-state index in [1.807, 2.05) is 0 Å². The van der Waals surface area contributed by atoms with Crippen LogP contribution in [0, 0.1) is 0 Å². The lowest BCUT2D eigenvalue weighted by atomic mass is 9.88. The van der Waals surface area contributed by atoms with Crippen LogP contribution in [0.5, 0.6) is 0 Å². The number of carboxylic acid groups (broad SMARTS) is 1. The molecular weight excluding hydrogens is 238 g/mol. The molecule has 17 heavy (non-hydrogen) atoms. The Hall–Kier alpha value is -1.10. The first kappa shape index (κ1) is 11.0. The predicted octanol–water partition coefficient (Wildman–Crippen LogP) is 3.20. The zero-order valence-corrected chi connectivity index (χ0v) is 10.3. The Morgan fingerprint density at radius 3 is 2.88 bits per heavy atom. The van der Waals surface area contributed by atoms with Crippen molar-refractivity contribution in [1.29, 1.82) is 0 Å². The van der Waals surface area contributed by atoms with Crippen LogP contribution in [-0.4, -0.2) is 22.4 Å². The number of hydrogen-bond acceptors (Lipinski definition) is 4. The maximum absolute atomic E-state index is 10.9. The molecule has 0 radical (unpaired) electrons. The number of fused-ring (bicyclic) bond motifs is 1. The highest BCUT2D eigenvalue weighted by Gasteiger charge is 2.38. The molecule has 0 amide bonds. The molecule has 2 aliphatic rings. The first-order chi connectivity index (χ1) is 8.19. The molecule has 1 aromatic rings. The van der Waals surface area contributed by atoms with Gasteiger partial charge in [0.15, 0.2) is 0 Å². The van der Waals surface area contributed by atoms with E-state index >= 15 is 0 Å². The van der Waals surface area contributed by atoms with Gasteiger partial charge in [-0.3, -0.25) is 0 Å². The van der Waals surface area contributed by atoms with Gasteiger partial charge < -0.3 is 14.8 Å². The van der Waals surface area contributed by atoms with Crippen LogP contribution in [0.1, 0.15) is 42.7 Å². The lowest BCUT2D eigenvalue weighted by molar-refractivity contribution is 0.0663. The molecule has 2 N–H and O–H groups in total. The summed E-state index contributed by atoms with van der Waals surface area (Å²) in [5.74, 6) is -0.342. The highest BCUT2D eigenvalue weighted by atomic mass is 32.2. The second-order valence-electron chi connectivity index (χ2n) is 4.81. The van der Waals surface area contributed by atoms with Crippen molar-refractivity contribution in [3.8, 4) is 0 Å². The summed E-state index contributed by atoms with van der Waals surface area (Å²) in [7, 11) is 0. The third-order valence-corrected chi connectivity index (χ3v) is 5.08. The SMILES string of the molecule is O=C(O)c1cc2c(o1)NCC1(CCCCC1)S2. The first-order valence-electron chi connectivity index (χ1n) is 5.99. The molecule has 1 spiro atoms. The molecule has 0 atom stereocenters. The van der Waals surface area contributed by atoms with Gasteiger partial charge in [-0.25, -0.2) is 4.79 Å². The Labute approximate surface area is 104 Å². The van der Waals surface area contributed by atoms with Crippen molar-refractivity contribution in [3.05, 3.63) is 11.8 Å². The molecule has 0 saturated heterocycles. The van der Waals surface area contributed by atoms with Gasteiger partial charge >= 0.3 is 5.97 Å². The summed E-state index contributed by atoms with van der Waals surface area (Å²) in [5.41, 5.74) is 0. The number of carbonyl (C=O) groups is 1. The molecule has 4 nitrogen and oxygen atoms in total. The first-order valence-corrected chi connectivity index (χ1v) is 6.80. The van der Waals surface area contributed by atoms with Gasteiger partial charge in [0, 0.05) is 17.4 Å². The summed E-state index contributed by atoms with van der Waals surface area (Å²) in [6.45, 7) is 0.886. The molecule has 1 saturated carbocycles. The minimum atomic E-state index is -1.00. The minimum absolute atomic E-state index is 0.0304. The van der Waals surface area contributed by atoms with Gasteiger partial charge in [0.1, 0.15) is 0 Å². The third kappa shape index (κ3) is 1.92. The Bertz CT molecular complexity index is 449. The normalized spacial score (nSPS) is 21.9. The Morgan fingerprint density at radius 1 is 1.41 bits per heavy atom. The predicted molar refractivity (Wildman–Crippen MR) is 65.8 cm³/mol. The number of hydrogen-bond donors (Lipinski definition) is 2. The maximum Gasteiger partial charge on any atom is 0.371 e. The van der Waals surface area contributed by atoms with E-state index < -0.39 is 5.97 Å². The smallest absolute Gasteiger partial charge is 0.371 e. The van der Waals surface area contributed by atoms with E-state index in [1.54, 1.807) is 17.8 Å². The van der Waals surface area contributed by atoms with Crippen LogP contribution in [0.2, 0.25) is 0 Å². The maximum atomic E-state index is 10.9. The Morgan fingerprint density at radius 2 is 2.18 bits per heavy atom. The fraction of sp³-hybridized carbons (Fsp3) is 0.583. The summed E-state index contributed by atoms with van der Waals surface area (Å²) in [5, 5.41) is 12.2. The van der Waals surface area contributed by atoms with E-state index in [0.29, 0.717) is 5.88 Å². The Kier molecular flexibility index (Phi) is 2.58. The van der Waals surface area contributed by atoms with Crippen LogP contribution in [0.25, 0.3) is 0 Å². The number of aromatic carboxylic acids is 1. The van der Waals surface area contributed by atoms with Crippen LogP contribution in [0.3, 0.4) is 0 Å². The van der Waals surface area contributed by atoms with Crippen molar-refractivity contribution in [2.24, 2.45) is 0 Å². The summed E-state index contributed by atoms with van der Waals surface area (Å²) in [6, 6.07) is 1.64. The zero-order chi connectivity index (χ0) is 11.9. The minimum Gasteiger partial charge on any atom is -0.475 e. The van der Waals surface area contributed by atoms with E-state index in [0.717, 1.165) is 11.4 Å². The largest absolute Gasteiger partial charge is 0.475 e. The number of nitrogens with one attached hydrogen (secondary N) is 1. The van der Waals surface area contributed by atoms with Gasteiger partial charge in [-0.1, -0.05) is 19.3 Å². The number of furan rings is 1. The van der Waals surface area contributed by atoms with Gasteiger partial charge in [0.25, 0.3) is 0 Å². The van der Waals surface area contributed by atoms with Gasteiger partial charge in [-0.15, -0.1) is 11.8 Å². The summed E-state index contributed by atoms with van der Waals surface area (Å²) in [6.07, 6.45) is 6.28. The average molecular weight is 253 g/mol. The summed E-state index contributed by atoms with van der Waals surface area (Å²) in [4.78, 5) is 11.8. The average Bonchev–Trinajstić information content (AvgIpc) is 2.73. The molecule has 1 fully saturated rings. The molecule has 92 valence electrons. The molecule has 1 aliphatic carbocycles. The summed E-state index contributed by atoms with van der Waals surface area (Å²) >= 11 is 1.80. The molecule has 1 aromatic heterocycles. The molecular formula is C12H15NO3S. The molecule has 0 unspecified atom stereocenters. The van der Waals surface area contributed by atoms with Gasteiger partial charge in [-0.2, -0.15) is 0 Å². The molecule has 3 rings (SSSR count). The van der Waals surface area contributed by atoms with E-state index in [4.69, 9.17) is 9.52 Å². The van der Waals surface area contributed by atoms with Crippen LogP contribution >= 0.6 is 11.8 Å². The molecule has 0 aromatic carbocycles. The molecule has 1 aliphatic heterocycles. The quantitative estimate of drug-likeness (QED) is 0.804. The fourth-order valence-corrected chi connectivity index (χ4v) is 4.14. The van der Waals surface area contributed by atoms with Crippen LogP contribution in [0.4, 0.5) is 5.88 Å². The van der Waals surface area contributed by atoms with Crippen LogP contribution in [-0.2, 0) is 0 Å². The third-order valence-electron chi connectivity index (χ3n) is 3.57. The highest BCUT2D eigenvalue weighted by Crippen LogP contribution is 2.49. The lowest BCUT2D eigenvalue weighted by Crippen LogP contribution is -2.37. The Balaban J connectivity index is 1.86. The number of thioether (sulfide) groups is 1. The van der Waals surface area contributed by atoms with Crippen molar-refractivity contribution >= 4 is 23.6 Å². The van der Waals surface area contributed by atoms with Crippen molar-refractivity contribution in [3.63, 3.8) is 0 Å². The van der Waals surface area contributed by atoms with Crippen LogP contribution in [0.15, 0.2) is 15.4 Å². The number of anilines is 1. The van der Waals surface area contributed by atoms with Gasteiger partial charge in [0.2, 0.25) is 11.6 Å². The second kappa shape index (κ2) is 3.98. The van der Waals surface area contributed by atoms with Crippen molar-refractivity contribution in [1.82, 2.24) is 0 Å². The molecule has 5 heteroatoms. The van der Waals surface area contributed by atoms with Crippen molar-refractivity contribution in [2.75, 3.05) is 11.9 Å². The molecule has 2 heterocycles. The van der Waals surface area contributed by atoms with Crippen molar-refractivity contribution in [2.45, 2.75) is 41.7 Å². The van der Waals surface area contributed by atoms with E-state index in [9.17, 15) is 4.79 Å². The van der Waals surface area contributed by atoms with E-state index in [1.165, 1.54) is 32.1 Å². The standard InChI is InChI=1S/C12H15NO3S/c14-11(15)8-6-9-10(16-8)13-7-12(17-9)4-2-1-3-5-12/h6,13H,1-5,7H2,(H,14,15). The zero-order valence-electron chi connectivity index (χ0n) is 9.49. The van der Waals surface area contributed by atoms with Gasteiger partial charge in [0.05, 0.1) is 4.90 Å². The van der Waals surface area contributed by atoms with Gasteiger partial charge in [-0.05, 0) is 12.8 Å². The summed E-state index contributed by atoms with van der Waals surface area (Å²) < 4.78 is 5.52. The van der Waals surface area contributed by atoms with E-state index in [-0.39, 0.29) is 10.5 Å². The highest BCUT2D eigenvalue weighted by molar-refractivity contribution is 8.01. The molecule has 0 bridgehead atoms. The lowest BCUT2D eigenvalue weighted by Gasteiger charge is -2.39. The topological polar surface area (TPSA) is 62.5 Å². The number of rotatable bonds is 1.